The van der Waals surface area contributed by atoms with E-state index in [1.54, 1.807) is 0 Å². The van der Waals surface area contributed by atoms with Crippen molar-refractivity contribution in [2.45, 2.75) is 0 Å². The highest BCUT2D eigenvalue weighted by Crippen LogP contribution is 2.27. The van der Waals surface area contributed by atoms with E-state index in [9.17, 15) is 10.0 Å². The van der Waals surface area contributed by atoms with Gasteiger partial charge < -0.3 is 5.21 Å². The number of anilines is 1. The maximum atomic E-state index is 12.1. The second-order valence-electron chi connectivity index (χ2n) is 4.45. The fourth-order valence-electron chi connectivity index (χ4n) is 1.84. The molecule has 3 aromatic rings. The molecule has 7 heteroatoms. The van der Waals surface area contributed by atoms with Crippen LogP contribution in [0.2, 0.25) is 0 Å². The number of aromatic nitrogens is 2. The van der Waals surface area contributed by atoms with Gasteiger partial charge in [0.2, 0.25) is 0 Å². The van der Waals surface area contributed by atoms with Gasteiger partial charge in [-0.05, 0) is 12.1 Å². The third kappa shape index (κ3) is 3.32. The molecule has 0 atom stereocenters. The fourth-order valence-corrected chi connectivity index (χ4v) is 2.96. The van der Waals surface area contributed by atoms with Crippen molar-refractivity contribution in [3.8, 4) is 11.3 Å². The standard InChI is InChI=1S/C15H10BrN3O2S/c16-12-3-1-2-11(8-12)13-9-22-15(17-13)18-14(20)10-4-6-19(21)7-5-10/h1-9H,(H,17,18,20). The van der Waals surface area contributed by atoms with Crippen LogP contribution in [0, 0.1) is 5.21 Å². The van der Waals surface area contributed by atoms with E-state index in [1.807, 2.05) is 29.6 Å². The zero-order valence-corrected chi connectivity index (χ0v) is 13.6. The minimum absolute atomic E-state index is 0.296. The van der Waals surface area contributed by atoms with Gasteiger partial charge in [-0.25, -0.2) is 4.98 Å². The largest absolute Gasteiger partial charge is 0.619 e. The average molecular weight is 376 g/mol. The van der Waals surface area contributed by atoms with Crippen LogP contribution in [-0.2, 0) is 0 Å². The summed E-state index contributed by atoms with van der Waals surface area (Å²) in [6, 6.07) is 10.7. The molecule has 2 aromatic heterocycles. The predicted octanol–water partition coefficient (Wildman–Crippen LogP) is 3.46. The molecule has 0 bridgehead atoms. The van der Waals surface area contributed by atoms with Crippen LogP contribution in [0.5, 0.6) is 0 Å². The average Bonchev–Trinajstić information content (AvgIpc) is 2.96. The van der Waals surface area contributed by atoms with Crippen molar-refractivity contribution < 1.29 is 9.52 Å². The Morgan fingerprint density at radius 2 is 2.05 bits per heavy atom. The Balaban J connectivity index is 1.77. The second-order valence-corrected chi connectivity index (χ2v) is 6.22. The van der Waals surface area contributed by atoms with Crippen LogP contribution in [0.1, 0.15) is 10.4 Å². The monoisotopic (exact) mass is 375 g/mol. The summed E-state index contributed by atoms with van der Waals surface area (Å²) < 4.78 is 1.60. The van der Waals surface area contributed by atoms with E-state index >= 15 is 0 Å². The van der Waals surface area contributed by atoms with Gasteiger partial charge in [0, 0.05) is 27.5 Å². The molecule has 0 aliphatic heterocycles. The van der Waals surface area contributed by atoms with E-state index in [1.165, 1.54) is 35.9 Å². The number of benzene rings is 1. The Morgan fingerprint density at radius 3 is 2.77 bits per heavy atom. The summed E-state index contributed by atoms with van der Waals surface area (Å²) in [5.74, 6) is -0.296. The minimum atomic E-state index is -0.296. The van der Waals surface area contributed by atoms with E-state index in [4.69, 9.17) is 0 Å². The van der Waals surface area contributed by atoms with E-state index < -0.39 is 0 Å². The zero-order valence-electron chi connectivity index (χ0n) is 11.2. The molecule has 22 heavy (non-hydrogen) atoms. The van der Waals surface area contributed by atoms with E-state index in [-0.39, 0.29) is 5.91 Å². The van der Waals surface area contributed by atoms with Crippen molar-refractivity contribution in [2.24, 2.45) is 0 Å². The molecule has 0 radical (unpaired) electrons. The fraction of sp³-hybridized carbons (Fsp3) is 0. The summed E-state index contributed by atoms with van der Waals surface area (Å²) in [5.41, 5.74) is 2.18. The SMILES string of the molecule is O=C(Nc1nc(-c2cccc(Br)c2)cs1)c1cc[n+]([O-])cc1. The van der Waals surface area contributed by atoms with Crippen molar-refractivity contribution >= 4 is 38.3 Å². The van der Waals surface area contributed by atoms with E-state index in [2.05, 4.69) is 26.2 Å². The number of amides is 1. The van der Waals surface area contributed by atoms with Gasteiger partial charge in [-0.3, -0.25) is 10.1 Å². The topological polar surface area (TPSA) is 68.9 Å². The first-order valence-electron chi connectivity index (χ1n) is 6.33. The van der Waals surface area contributed by atoms with Gasteiger partial charge in [0.05, 0.1) is 11.3 Å². The van der Waals surface area contributed by atoms with Crippen LogP contribution in [0.4, 0.5) is 5.13 Å². The maximum absolute atomic E-state index is 12.1. The molecule has 1 amide bonds. The molecule has 0 aliphatic carbocycles. The molecule has 0 aliphatic rings. The third-order valence-corrected chi connectivity index (χ3v) is 4.16. The normalized spacial score (nSPS) is 10.4. The number of pyridine rings is 1. The third-order valence-electron chi connectivity index (χ3n) is 2.91. The van der Waals surface area contributed by atoms with Gasteiger partial charge in [-0.1, -0.05) is 28.1 Å². The zero-order chi connectivity index (χ0) is 15.5. The number of hydrogen-bond donors (Lipinski definition) is 1. The summed E-state index contributed by atoms with van der Waals surface area (Å²) in [5, 5.41) is 16.1. The Hall–Kier alpha value is -2.25. The summed E-state index contributed by atoms with van der Waals surface area (Å²) in [6.45, 7) is 0. The van der Waals surface area contributed by atoms with Gasteiger partial charge in [-0.15, -0.1) is 11.3 Å². The lowest BCUT2D eigenvalue weighted by Crippen LogP contribution is -2.25. The van der Waals surface area contributed by atoms with Crippen LogP contribution in [-0.4, -0.2) is 10.9 Å². The maximum Gasteiger partial charge on any atom is 0.257 e. The Bertz CT molecular complexity index is 818. The first-order chi connectivity index (χ1) is 10.6. The Kier molecular flexibility index (Phi) is 4.17. The van der Waals surface area contributed by atoms with Gasteiger partial charge >= 0.3 is 0 Å². The summed E-state index contributed by atoms with van der Waals surface area (Å²) >= 11 is 4.77. The first-order valence-corrected chi connectivity index (χ1v) is 8.01. The van der Waals surface area contributed by atoms with Crippen LogP contribution >= 0.6 is 27.3 Å². The quantitative estimate of drug-likeness (QED) is 0.562. The lowest BCUT2D eigenvalue weighted by molar-refractivity contribution is -0.605. The van der Waals surface area contributed by atoms with Gasteiger partial charge in [0.15, 0.2) is 17.5 Å². The van der Waals surface area contributed by atoms with Crippen molar-refractivity contribution in [2.75, 3.05) is 5.32 Å². The van der Waals surface area contributed by atoms with Gasteiger partial charge in [0.25, 0.3) is 5.91 Å². The van der Waals surface area contributed by atoms with E-state index in [0.717, 1.165) is 15.7 Å². The second kappa shape index (κ2) is 6.25. The van der Waals surface area contributed by atoms with Crippen LogP contribution < -0.4 is 10.0 Å². The minimum Gasteiger partial charge on any atom is -0.619 e. The Labute approximate surface area is 139 Å². The highest BCUT2D eigenvalue weighted by molar-refractivity contribution is 9.10. The molecule has 1 aromatic carbocycles. The van der Waals surface area contributed by atoms with Crippen molar-refractivity contribution in [3.05, 3.63) is 69.4 Å². The summed E-state index contributed by atoms with van der Waals surface area (Å²) in [6.07, 6.45) is 2.56. The molecule has 0 unspecified atom stereocenters. The number of rotatable bonds is 3. The van der Waals surface area contributed by atoms with E-state index in [0.29, 0.717) is 15.4 Å². The molecule has 2 heterocycles. The smallest absolute Gasteiger partial charge is 0.257 e. The lowest BCUT2D eigenvalue weighted by Gasteiger charge is -2.01. The Morgan fingerprint density at radius 1 is 1.27 bits per heavy atom. The number of hydrogen-bond acceptors (Lipinski definition) is 4. The summed E-state index contributed by atoms with van der Waals surface area (Å²) in [7, 11) is 0. The summed E-state index contributed by atoms with van der Waals surface area (Å²) in [4.78, 5) is 16.5. The molecule has 0 fully saturated rings. The highest BCUT2D eigenvalue weighted by Gasteiger charge is 2.11. The predicted molar refractivity (Wildman–Crippen MR) is 88.6 cm³/mol. The number of halogens is 1. The number of carbonyl (C=O) groups excluding carboxylic acids is 1. The molecular weight excluding hydrogens is 366 g/mol. The van der Waals surface area contributed by atoms with Gasteiger partial charge in [-0.2, -0.15) is 4.73 Å². The number of carbonyl (C=O) groups is 1. The van der Waals surface area contributed by atoms with Gasteiger partial charge in [0.1, 0.15) is 0 Å². The van der Waals surface area contributed by atoms with Crippen molar-refractivity contribution in [1.82, 2.24) is 4.98 Å². The molecule has 0 saturated carbocycles. The van der Waals surface area contributed by atoms with Crippen LogP contribution in [0.25, 0.3) is 11.3 Å². The molecule has 0 spiro atoms. The van der Waals surface area contributed by atoms with Crippen molar-refractivity contribution in [1.29, 1.82) is 0 Å². The first kappa shape index (κ1) is 14.7. The molecule has 5 nitrogen and oxygen atoms in total. The van der Waals surface area contributed by atoms with Crippen molar-refractivity contribution in [3.63, 3.8) is 0 Å². The molecular formula is C15H10BrN3O2S. The number of nitrogens with one attached hydrogen (secondary N) is 1. The highest BCUT2D eigenvalue weighted by atomic mass is 79.9. The molecule has 1 N–H and O–H groups in total. The number of thiazole rings is 1. The number of nitrogens with zero attached hydrogens (tertiary/aromatic N) is 2. The molecule has 0 saturated heterocycles. The lowest BCUT2D eigenvalue weighted by atomic mass is 10.2. The van der Waals surface area contributed by atoms with Crippen LogP contribution in [0.15, 0.2) is 58.6 Å². The molecule has 110 valence electrons. The molecule has 3 rings (SSSR count). The van der Waals surface area contributed by atoms with Crippen LogP contribution in [0.3, 0.4) is 0 Å².